The summed E-state index contributed by atoms with van der Waals surface area (Å²) in [5.74, 6) is -1.01. The first-order chi connectivity index (χ1) is 14.8. The highest BCUT2D eigenvalue weighted by Gasteiger charge is 2.20. The Bertz CT molecular complexity index is 1280. The van der Waals surface area contributed by atoms with Crippen molar-refractivity contribution >= 4 is 39.3 Å². The largest absolute Gasteiger partial charge is 0.448 e. The predicted molar refractivity (Wildman–Crippen MR) is 119 cm³/mol. The average Bonchev–Trinajstić information content (AvgIpc) is 3.33. The fourth-order valence-corrected chi connectivity index (χ4v) is 4.09. The topological polar surface area (TPSA) is 84.2 Å². The number of thiazole rings is 1. The van der Waals surface area contributed by atoms with Crippen LogP contribution in [0.15, 0.2) is 52.3 Å². The maximum absolute atomic E-state index is 13.9. The first-order valence-electron chi connectivity index (χ1n) is 9.65. The summed E-state index contributed by atoms with van der Waals surface area (Å²) in [6.07, 6.45) is 0. The van der Waals surface area contributed by atoms with Gasteiger partial charge in [0.15, 0.2) is 22.3 Å². The van der Waals surface area contributed by atoms with Gasteiger partial charge in [-0.1, -0.05) is 36.4 Å². The van der Waals surface area contributed by atoms with Gasteiger partial charge >= 0.3 is 0 Å². The molecule has 4 rings (SSSR count). The summed E-state index contributed by atoms with van der Waals surface area (Å²) in [6.45, 7) is 5.12. The van der Waals surface area contributed by atoms with Gasteiger partial charge in [0.25, 0.3) is 5.91 Å². The number of fused-ring (bicyclic) bond motifs is 1. The van der Waals surface area contributed by atoms with Crippen LogP contribution in [0.25, 0.3) is 22.2 Å². The van der Waals surface area contributed by atoms with E-state index < -0.39 is 11.7 Å². The standard InChI is InChI=1S/C23H20FN3O3S/c1-12-17-5-4-6-18(24)21(17)30-20(12)22(29)27-23-26-19(11-31-23)16-9-7-15(8-10-16)13(2)25-14(3)28/h4-11,13H,1-3H3,(H,25,28)(H,26,27,29). The number of nitrogens with zero attached hydrogens (tertiary/aromatic N) is 1. The van der Waals surface area contributed by atoms with Gasteiger partial charge in [-0.15, -0.1) is 11.3 Å². The number of halogens is 1. The lowest BCUT2D eigenvalue weighted by Gasteiger charge is -2.12. The SMILES string of the molecule is CC(=O)NC(C)c1ccc(-c2csc(NC(=O)c3oc4c(F)cccc4c3C)n2)cc1. The summed E-state index contributed by atoms with van der Waals surface area (Å²) in [6, 6.07) is 12.2. The van der Waals surface area contributed by atoms with E-state index in [2.05, 4.69) is 15.6 Å². The molecule has 0 bridgehead atoms. The molecule has 4 aromatic rings. The highest BCUT2D eigenvalue weighted by molar-refractivity contribution is 7.14. The van der Waals surface area contributed by atoms with Crippen molar-refractivity contribution in [3.05, 3.63) is 70.5 Å². The van der Waals surface area contributed by atoms with E-state index in [0.717, 1.165) is 11.1 Å². The first-order valence-corrected chi connectivity index (χ1v) is 10.5. The van der Waals surface area contributed by atoms with Gasteiger partial charge in [0.1, 0.15) is 0 Å². The number of aryl methyl sites for hydroxylation is 1. The van der Waals surface area contributed by atoms with Crippen LogP contribution >= 0.6 is 11.3 Å². The van der Waals surface area contributed by atoms with Gasteiger partial charge < -0.3 is 9.73 Å². The second kappa shape index (κ2) is 8.31. The number of aromatic nitrogens is 1. The van der Waals surface area contributed by atoms with Crippen LogP contribution in [-0.2, 0) is 4.79 Å². The molecule has 0 fully saturated rings. The van der Waals surface area contributed by atoms with E-state index in [4.69, 9.17) is 4.42 Å². The number of hydrogen-bond donors (Lipinski definition) is 2. The summed E-state index contributed by atoms with van der Waals surface area (Å²) < 4.78 is 19.4. The summed E-state index contributed by atoms with van der Waals surface area (Å²) >= 11 is 1.29. The third-order valence-electron chi connectivity index (χ3n) is 4.97. The van der Waals surface area contributed by atoms with E-state index in [-0.39, 0.29) is 23.3 Å². The quantitative estimate of drug-likeness (QED) is 0.435. The van der Waals surface area contributed by atoms with Crippen LogP contribution in [0.2, 0.25) is 0 Å². The van der Waals surface area contributed by atoms with Crippen LogP contribution in [0.4, 0.5) is 9.52 Å². The van der Waals surface area contributed by atoms with E-state index in [0.29, 0.717) is 21.8 Å². The van der Waals surface area contributed by atoms with E-state index in [1.165, 1.54) is 24.3 Å². The first kappa shape index (κ1) is 20.7. The zero-order chi connectivity index (χ0) is 22.1. The number of carbonyl (C=O) groups excluding carboxylic acids is 2. The van der Waals surface area contributed by atoms with Gasteiger partial charge in [-0.2, -0.15) is 0 Å². The van der Waals surface area contributed by atoms with E-state index in [1.54, 1.807) is 19.1 Å². The number of anilines is 1. The number of para-hydroxylation sites is 1. The van der Waals surface area contributed by atoms with Crippen LogP contribution in [0.1, 0.15) is 41.6 Å². The molecule has 0 aliphatic rings. The molecule has 0 saturated carbocycles. The minimum Gasteiger partial charge on any atom is -0.448 e. The molecule has 1 unspecified atom stereocenters. The molecule has 2 aromatic heterocycles. The molecule has 0 aliphatic carbocycles. The lowest BCUT2D eigenvalue weighted by atomic mass is 10.1. The molecule has 31 heavy (non-hydrogen) atoms. The van der Waals surface area contributed by atoms with Crippen LogP contribution in [0.3, 0.4) is 0 Å². The summed E-state index contributed by atoms with van der Waals surface area (Å²) in [4.78, 5) is 28.4. The monoisotopic (exact) mass is 437 g/mol. The van der Waals surface area contributed by atoms with Gasteiger partial charge in [0.2, 0.25) is 5.91 Å². The fourth-order valence-electron chi connectivity index (χ4n) is 3.37. The number of carbonyl (C=O) groups is 2. The molecule has 2 heterocycles. The maximum atomic E-state index is 13.9. The number of benzene rings is 2. The number of rotatable bonds is 5. The normalized spacial score (nSPS) is 12.0. The van der Waals surface area contributed by atoms with Crippen molar-refractivity contribution in [2.24, 2.45) is 0 Å². The second-order valence-electron chi connectivity index (χ2n) is 7.21. The van der Waals surface area contributed by atoms with Crippen molar-refractivity contribution in [1.29, 1.82) is 0 Å². The third kappa shape index (κ3) is 4.20. The number of furan rings is 1. The van der Waals surface area contributed by atoms with E-state index >= 15 is 0 Å². The van der Waals surface area contributed by atoms with E-state index in [9.17, 15) is 14.0 Å². The summed E-state index contributed by atoms with van der Waals surface area (Å²) in [5, 5.41) is 8.39. The third-order valence-corrected chi connectivity index (χ3v) is 5.73. The van der Waals surface area contributed by atoms with Crippen LogP contribution < -0.4 is 10.6 Å². The molecule has 0 saturated heterocycles. The van der Waals surface area contributed by atoms with Crippen molar-refractivity contribution in [3.8, 4) is 11.3 Å². The molecule has 2 aromatic carbocycles. The van der Waals surface area contributed by atoms with Crippen molar-refractivity contribution in [3.63, 3.8) is 0 Å². The van der Waals surface area contributed by atoms with Crippen LogP contribution in [0, 0.1) is 12.7 Å². The maximum Gasteiger partial charge on any atom is 0.293 e. The molecule has 158 valence electrons. The molecule has 6 nitrogen and oxygen atoms in total. The number of amides is 2. The van der Waals surface area contributed by atoms with Gasteiger partial charge in [-0.3, -0.25) is 14.9 Å². The van der Waals surface area contributed by atoms with Crippen LogP contribution in [0.5, 0.6) is 0 Å². The smallest absolute Gasteiger partial charge is 0.293 e. The minimum atomic E-state index is -0.507. The Labute approximate surface area is 182 Å². The lowest BCUT2D eigenvalue weighted by Crippen LogP contribution is -2.23. The van der Waals surface area contributed by atoms with Gasteiger partial charge in [0, 0.05) is 28.8 Å². The molecule has 0 aliphatic heterocycles. The zero-order valence-electron chi connectivity index (χ0n) is 17.2. The van der Waals surface area contributed by atoms with Crippen LogP contribution in [-0.4, -0.2) is 16.8 Å². The van der Waals surface area contributed by atoms with Crippen molar-refractivity contribution in [1.82, 2.24) is 10.3 Å². The van der Waals surface area contributed by atoms with Crippen molar-refractivity contribution in [2.75, 3.05) is 5.32 Å². The molecule has 8 heteroatoms. The highest BCUT2D eigenvalue weighted by Crippen LogP contribution is 2.30. The molecular weight excluding hydrogens is 417 g/mol. The number of nitrogens with one attached hydrogen (secondary N) is 2. The Morgan fingerprint density at radius 2 is 1.90 bits per heavy atom. The van der Waals surface area contributed by atoms with Crippen molar-refractivity contribution < 1.29 is 18.4 Å². The highest BCUT2D eigenvalue weighted by atomic mass is 32.1. The van der Waals surface area contributed by atoms with E-state index in [1.807, 2.05) is 36.6 Å². The molecule has 2 N–H and O–H groups in total. The Kier molecular flexibility index (Phi) is 5.56. The predicted octanol–water partition coefficient (Wildman–Crippen LogP) is 5.45. The average molecular weight is 437 g/mol. The Morgan fingerprint density at radius 1 is 1.16 bits per heavy atom. The molecule has 2 amide bonds. The molecule has 0 spiro atoms. The Morgan fingerprint density at radius 3 is 2.58 bits per heavy atom. The lowest BCUT2D eigenvalue weighted by molar-refractivity contribution is -0.119. The molecule has 0 radical (unpaired) electrons. The zero-order valence-corrected chi connectivity index (χ0v) is 18.0. The minimum absolute atomic E-state index is 0.0631. The van der Waals surface area contributed by atoms with Gasteiger partial charge in [-0.25, -0.2) is 9.37 Å². The second-order valence-corrected chi connectivity index (χ2v) is 8.07. The van der Waals surface area contributed by atoms with Crippen molar-refractivity contribution in [2.45, 2.75) is 26.8 Å². The Hall–Kier alpha value is -3.52. The molecular formula is C23H20FN3O3S. The van der Waals surface area contributed by atoms with Gasteiger partial charge in [-0.05, 0) is 25.5 Å². The number of hydrogen-bond acceptors (Lipinski definition) is 5. The Balaban J connectivity index is 1.51. The summed E-state index contributed by atoms with van der Waals surface area (Å²) in [7, 11) is 0. The summed E-state index contributed by atoms with van der Waals surface area (Å²) in [5.41, 5.74) is 3.23. The fraction of sp³-hybridized carbons (Fsp3) is 0.174. The van der Waals surface area contributed by atoms with Gasteiger partial charge in [0.05, 0.1) is 11.7 Å². The molecule has 1 atom stereocenters.